The van der Waals surface area contributed by atoms with Crippen LogP contribution in [-0.4, -0.2) is 49.0 Å². The summed E-state index contributed by atoms with van der Waals surface area (Å²) in [5.41, 5.74) is 1.30. The van der Waals surface area contributed by atoms with E-state index in [-0.39, 0.29) is 19.1 Å². The van der Waals surface area contributed by atoms with Gasteiger partial charge in [0.25, 0.3) is 0 Å². The molecule has 0 spiro atoms. The van der Waals surface area contributed by atoms with Crippen LogP contribution in [0.5, 0.6) is 0 Å². The quantitative estimate of drug-likeness (QED) is 0.667. The number of benzene rings is 1. The molecule has 0 heterocycles. The molecule has 3 N–H and O–H groups in total. The number of rotatable bonds is 8. The third-order valence-corrected chi connectivity index (χ3v) is 3.78. The number of nitrogens with one attached hydrogen (secondary N) is 1. The van der Waals surface area contributed by atoms with Crippen molar-refractivity contribution in [1.82, 2.24) is 5.32 Å². The fraction of sp³-hybridized carbons (Fsp3) is 0.562. The number of aryl methyl sites for hydroxylation is 1. The van der Waals surface area contributed by atoms with Crippen LogP contribution >= 0.6 is 0 Å². The number of nitrogens with zero attached hydrogens (tertiary/aromatic N) is 1. The third kappa shape index (κ3) is 5.02. The van der Waals surface area contributed by atoms with E-state index in [2.05, 4.69) is 5.32 Å². The largest absolute Gasteiger partial charge is 0.394 e. The molecule has 0 unspecified atom stereocenters. The average molecular weight is 294 g/mol. The Morgan fingerprint density at radius 3 is 2.19 bits per heavy atom. The van der Waals surface area contributed by atoms with Crippen molar-refractivity contribution < 1.29 is 15.0 Å². The van der Waals surface area contributed by atoms with E-state index in [4.69, 9.17) is 0 Å². The maximum atomic E-state index is 11.9. The van der Waals surface area contributed by atoms with Gasteiger partial charge in [0.2, 0.25) is 5.91 Å². The Morgan fingerprint density at radius 2 is 1.76 bits per heavy atom. The average Bonchev–Trinajstić information content (AvgIpc) is 2.51. The second-order valence-corrected chi connectivity index (χ2v) is 5.56. The molecular weight excluding hydrogens is 268 g/mol. The molecule has 1 rings (SSSR count). The van der Waals surface area contributed by atoms with Crippen molar-refractivity contribution in [1.29, 1.82) is 0 Å². The normalized spacial score (nSPS) is 11.3. The highest BCUT2D eigenvalue weighted by atomic mass is 16.3. The highest BCUT2D eigenvalue weighted by molar-refractivity contribution is 5.77. The van der Waals surface area contributed by atoms with E-state index in [1.165, 1.54) is 0 Å². The molecular formula is C16H26N2O3. The van der Waals surface area contributed by atoms with E-state index in [9.17, 15) is 15.0 Å². The van der Waals surface area contributed by atoms with Crippen LogP contribution in [0.15, 0.2) is 24.3 Å². The molecule has 5 nitrogen and oxygen atoms in total. The van der Waals surface area contributed by atoms with Gasteiger partial charge in [-0.15, -0.1) is 0 Å². The highest BCUT2D eigenvalue weighted by Crippen LogP contribution is 2.14. The zero-order chi connectivity index (χ0) is 15.9. The summed E-state index contributed by atoms with van der Waals surface area (Å²) < 4.78 is 0. The minimum absolute atomic E-state index is 0.156. The SMILES string of the molecule is CCC(CO)(CO)NC(=O)CCc1ccc(N(C)C)cc1. The Morgan fingerprint density at radius 1 is 1.19 bits per heavy atom. The van der Waals surface area contributed by atoms with Crippen molar-refractivity contribution in [2.24, 2.45) is 0 Å². The van der Waals surface area contributed by atoms with E-state index < -0.39 is 5.54 Å². The third-order valence-electron chi connectivity index (χ3n) is 3.78. The summed E-state index contributed by atoms with van der Waals surface area (Å²) in [6.45, 7) is 1.30. The number of carbonyl (C=O) groups excluding carboxylic acids is 1. The van der Waals surface area contributed by atoms with Gasteiger partial charge >= 0.3 is 0 Å². The fourth-order valence-electron chi connectivity index (χ4n) is 2.02. The van der Waals surface area contributed by atoms with Gasteiger partial charge in [0.1, 0.15) is 0 Å². The minimum atomic E-state index is -0.911. The maximum Gasteiger partial charge on any atom is 0.220 e. The van der Waals surface area contributed by atoms with Crippen molar-refractivity contribution in [2.75, 3.05) is 32.2 Å². The van der Waals surface area contributed by atoms with Crippen molar-refractivity contribution >= 4 is 11.6 Å². The van der Waals surface area contributed by atoms with E-state index >= 15 is 0 Å². The van der Waals surface area contributed by atoms with Crippen LogP contribution < -0.4 is 10.2 Å². The van der Waals surface area contributed by atoms with Gasteiger partial charge in [0, 0.05) is 26.2 Å². The van der Waals surface area contributed by atoms with Crippen molar-refractivity contribution in [3.05, 3.63) is 29.8 Å². The first-order chi connectivity index (χ1) is 9.96. The molecule has 0 radical (unpaired) electrons. The molecule has 21 heavy (non-hydrogen) atoms. The number of carbonyl (C=O) groups is 1. The van der Waals surface area contributed by atoms with E-state index in [0.717, 1.165) is 11.3 Å². The second kappa shape index (κ2) is 8.00. The molecule has 5 heteroatoms. The second-order valence-electron chi connectivity index (χ2n) is 5.56. The molecule has 0 aliphatic rings. The van der Waals surface area contributed by atoms with Gasteiger partial charge in [0.05, 0.1) is 18.8 Å². The first-order valence-corrected chi connectivity index (χ1v) is 7.25. The summed E-state index contributed by atoms with van der Waals surface area (Å²) >= 11 is 0. The number of amides is 1. The van der Waals surface area contributed by atoms with Crippen LogP contribution in [0.1, 0.15) is 25.3 Å². The standard InChI is InChI=1S/C16H26N2O3/c1-4-16(11-19,12-20)17-15(21)10-7-13-5-8-14(9-6-13)18(2)3/h5-6,8-9,19-20H,4,7,10-12H2,1-3H3,(H,17,21). The first-order valence-electron chi connectivity index (χ1n) is 7.25. The Bertz CT molecular complexity index is 431. The lowest BCUT2D eigenvalue weighted by Crippen LogP contribution is -2.53. The van der Waals surface area contributed by atoms with Gasteiger partial charge in [0.15, 0.2) is 0 Å². The molecule has 0 saturated heterocycles. The summed E-state index contributed by atoms with van der Waals surface area (Å²) in [6.07, 6.45) is 1.46. The van der Waals surface area contributed by atoms with E-state index in [1.807, 2.05) is 50.2 Å². The van der Waals surface area contributed by atoms with E-state index in [1.54, 1.807) is 0 Å². The van der Waals surface area contributed by atoms with Crippen LogP contribution in [0.4, 0.5) is 5.69 Å². The van der Waals surface area contributed by atoms with Crippen molar-refractivity contribution in [3.63, 3.8) is 0 Å². The number of hydrogen-bond donors (Lipinski definition) is 3. The monoisotopic (exact) mass is 294 g/mol. The molecule has 118 valence electrons. The zero-order valence-electron chi connectivity index (χ0n) is 13.1. The van der Waals surface area contributed by atoms with Crippen LogP contribution in [0.3, 0.4) is 0 Å². The molecule has 0 aromatic heterocycles. The minimum Gasteiger partial charge on any atom is -0.394 e. The van der Waals surface area contributed by atoms with Crippen molar-refractivity contribution in [3.8, 4) is 0 Å². The van der Waals surface area contributed by atoms with Gasteiger partial charge in [-0.1, -0.05) is 19.1 Å². The lowest BCUT2D eigenvalue weighted by atomic mass is 9.98. The first kappa shape index (κ1) is 17.5. The Balaban J connectivity index is 2.53. The Kier molecular flexibility index (Phi) is 6.65. The Hall–Kier alpha value is -1.59. The summed E-state index contributed by atoms with van der Waals surface area (Å²) in [4.78, 5) is 14.0. The molecule has 0 saturated carbocycles. The van der Waals surface area contributed by atoms with Crippen LogP contribution in [0.2, 0.25) is 0 Å². The Labute approximate surface area is 126 Å². The van der Waals surface area contributed by atoms with Gasteiger partial charge < -0.3 is 20.4 Å². The molecule has 0 bridgehead atoms. The van der Waals surface area contributed by atoms with Crippen molar-refractivity contribution in [2.45, 2.75) is 31.7 Å². The summed E-state index contributed by atoms with van der Waals surface area (Å²) in [7, 11) is 3.97. The number of hydrogen-bond acceptors (Lipinski definition) is 4. The molecule has 1 aromatic carbocycles. The maximum absolute atomic E-state index is 11.9. The zero-order valence-corrected chi connectivity index (χ0v) is 13.1. The topological polar surface area (TPSA) is 72.8 Å². The summed E-state index contributed by atoms with van der Waals surface area (Å²) in [6, 6.07) is 8.05. The van der Waals surface area contributed by atoms with Crippen LogP contribution in [0, 0.1) is 0 Å². The summed E-state index contributed by atoms with van der Waals surface area (Å²) in [5, 5.41) is 21.4. The molecule has 0 atom stereocenters. The molecule has 1 aromatic rings. The molecule has 0 aliphatic carbocycles. The van der Waals surface area contributed by atoms with E-state index in [0.29, 0.717) is 19.3 Å². The predicted molar refractivity (Wildman–Crippen MR) is 84.4 cm³/mol. The molecule has 0 aliphatic heterocycles. The van der Waals surface area contributed by atoms with Crippen LogP contribution in [0.25, 0.3) is 0 Å². The number of aliphatic hydroxyl groups is 2. The highest BCUT2D eigenvalue weighted by Gasteiger charge is 2.28. The smallest absolute Gasteiger partial charge is 0.220 e. The number of anilines is 1. The van der Waals surface area contributed by atoms with Gasteiger partial charge in [-0.05, 0) is 30.5 Å². The van der Waals surface area contributed by atoms with Gasteiger partial charge in [-0.25, -0.2) is 0 Å². The predicted octanol–water partition coefficient (Wildman–Crippen LogP) is 0.935. The lowest BCUT2D eigenvalue weighted by molar-refractivity contribution is -0.124. The van der Waals surface area contributed by atoms with Gasteiger partial charge in [-0.3, -0.25) is 4.79 Å². The summed E-state index contributed by atoms with van der Waals surface area (Å²) in [5.74, 6) is -0.156. The molecule has 1 amide bonds. The number of aliphatic hydroxyl groups excluding tert-OH is 2. The van der Waals surface area contributed by atoms with Crippen LogP contribution in [-0.2, 0) is 11.2 Å². The lowest BCUT2D eigenvalue weighted by Gasteiger charge is -2.29. The fourth-order valence-corrected chi connectivity index (χ4v) is 2.02. The molecule has 0 fully saturated rings. The van der Waals surface area contributed by atoms with Gasteiger partial charge in [-0.2, -0.15) is 0 Å².